The Labute approximate surface area is 185 Å². The van der Waals surface area contributed by atoms with Gasteiger partial charge in [0.25, 0.3) is 5.92 Å². The molecule has 1 atom stereocenters. The molecular weight excluding hydrogens is 455 g/mol. The first-order valence-electron chi connectivity index (χ1n) is 9.74. The van der Waals surface area contributed by atoms with E-state index in [1.165, 1.54) is 4.90 Å². The highest BCUT2D eigenvalue weighted by atomic mass is 19.4. The summed E-state index contributed by atoms with van der Waals surface area (Å²) in [6, 6.07) is 9.01. The third kappa shape index (κ3) is 5.78. The van der Waals surface area contributed by atoms with Gasteiger partial charge < -0.3 is 14.7 Å². The molecule has 180 valence electrons. The number of benzene rings is 1. The molecule has 8 nitrogen and oxygen atoms in total. The predicted octanol–water partition coefficient (Wildman–Crippen LogP) is 2.56. The summed E-state index contributed by atoms with van der Waals surface area (Å²) >= 11 is 0. The Balaban J connectivity index is 0.000000383. The van der Waals surface area contributed by atoms with Gasteiger partial charge in [0.15, 0.2) is 0 Å². The van der Waals surface area contributed by atoms with E-state index in [-0.39, 0.29) is 5.91 Å². The van der Waals surface area contributed by atoms with Crippen LogP contribution in [-0.2, 0) is 22.7 Å². The van der Waals surface area contributed by atoms with Gasteiger partial charge in [-0.1, -0.05) is 18.2 Å². The molecule has 0 radical (unpaired) electrons. The molecule has 2 aliphatic heterocycles. The largest absolute Gasteiger partial charge is 0.496 e. The summed E-state index contributed by atoms with van der Waals surface area (Å²) in [7, 11) is 1.63. The average Bonchev–Trinajstić information content (AvgIpc) is 3.19. The summed E-state index contributed by atoms with van der Waals surface area (Å²) < 4.78 is 65.1. The van der Waals surface area contributed by atoms with Crippen LogP contribution >= 0.6 is 0 Å². The van der Waals surface area contributed by atoms with Gasteiger partial charge in [-0.15, -0.1) is 0 Å². The van der Waals surface area contributed by atoms with Gasteiger partial charge in [0.05, 0.1) is 25.9 Å². The van der Waals surface area contributed by atoms with Crippen molar-refractivity contribution in [3.63, 3.8) is 0 Å². The van der Waals surface area contributed by atoms with Gasteiger partial charge >= 0.3 is 12.1 Å². The Kier molecular flexibility index (Phi) is 6.91. The van der Waals surface area contributed by atoms with Gasteiger partial charge in [0.2, 0.25) is 5.91 Å². The highest BCUT2D eigenvalue weighted by molar-refractivity contribution is 5.82. The molecule has 2 aromatic rings. The third-order valence-electron chi connectivity index (χ3n) is 5.13. The van der Waals surface area contributed by atoms with E-state index in [2.05, 4.69) is 10.00 Å². The number of carbonyl (C=O) groups is 2. The van der Waals surface area contributed by atoms with E-state index in [1.807, 2.05) is 30.3 Å². The van der Waals surface area contributed by atoms with E-state index in [9.17, 15) is 26.7 Å². The zero-order valence-electron chi connectivity index (χ0n) is 17.4. The van der Waals surface area contributed by atoms with Crippen LogP contribution in [-0.4, -0.2) is 75.4 Å². The number of methoxy groups -OCH3 is 1. The third-order valence-corrected chi connectivity index (χ3v) is 5.13. The fraction of sp³-hybridized carbons (Fsp3) is 0.450. The molecule has 1 saturated heterocycles. The highest BCUT2D eigenvalue weighted by Gasteiger charge is 2.48. The van der Waals surface area contributed by atoms with E-state index in [1.54, 1.807) is 18.0 Å². The molecular formula is C20H21F5N4O4. The Morgan fingerprint density at radius 2 is 1.85 bits per heavy atom. The van der Waals surface area contributed by atoms with Crippen molar-refractivity contribution in [2.45, 2.75) is 31.2 Å². The average molecular weight is 476 g/mol. The number of carboxylic acid groups (broad SMARTS) is 1. The number of nitrogens with zero attached hydrogens (tertiary/aromatic N) is 4. The van der Waals surface area contributed by atoms with Crippen LogP contribution in [0.3, 0.4) is 0 Å². The molecule has 2 aliphatic rings. The number of likely N-dealkylation sites (tertiary alicyclic amines) is 1. The lowest BCUT2D eigenvalue weighted by atomic mass is 10.1. The van der Waals surface area contributed by atoms with Gasteiger partial charge in [-0.3, -0.25) is 14.4 Å². The standard InChI is InChI=1S/C18H20F2N4O2.C2HF3O2/c1-26-16-5-3-2-4-13(16)8-22-9-14-6-7-21-24(14)15(10-22)17(25)23-11-18(19,20)12-23;3-2(4,5)1(6)7/h2-7,15H,8-12H2,1H3;(H,6,7). The van der Waals surface area contributed by atoms with Gasteiger partial charge in [-0.25, -0.2) is 13.6 Å². The number of halogens is 5. The number of hydrogen-bond donors (Lipinski definition) is 1. The number of para-hydroxylation sites is 1. The van der Waals surface area contributed by atoms with Crippen LogP contribution in [0.25, 0.3) is 0 Å². The molecule has 33 heavy (non-hydrogen) atoms. The van der Waals surface area contributed by atoms with Crippen LogP contribution in [0.2, 0.25) is 0 Å². The van der Waals surface area contributed by atoms with Crippen molar-refractivity contribution in [3.05, 3.63) is 47.8 Å². The maximum Gasteiger partial charge on any atom is 0.490 e. The minimum atomic E-state index is -5.08. The number of aliphatic carboxylic acids is 1. The van der Waals surface area contributed by atoms with Crippen molar-refractivity contribution in [2.24, 2.45) is 0 Å². The van der Waals surface area contributed by atoms with Crippen molar-refractivity contribution in [1.29, 1.82) is 0 Å². The van der Waals surface area contributed by atoms with Gasteiger partial charge in [0.1, 0.15) is 11.8 Å². The summed E-state index contributed by atoms with van der Waals surface area (Å²) in [5, 5.41) is 11.4. The second kappa shape index (κ2) is 9.33. The minimum Gasteiger partial charge on any atom is -0.496 e. The Bertz CT molecular complexity index is 1000. The molecule has 1 N–H and O–H groups in total. The number of amides is 1. The second-order valence-electron chi connectivity index (χ2n) is 7.62. The lowest BCUT2D eigenvalue weighted by Crippen LogP contribution is -2.61. The van der Waals surface area contributed by atoms with Gasteiger partial charge in [-0.2, -0.15) is 18.3 Å². The van der Waals surface area contributed by atoms with Crippen molar-refractivity contribution in [3.8, 4) is 5.75 Å². The number of carboxylic acids is 1. The number of fused-ring (bicyclic) bond motifs is 1. The molecule has 3 heterocycles. The van der Waals surface area contributed by atoms with Crippen LogP contribution in [0.15, 0.2) is 36.5 Å². The number of carbonyl (C=O) groups excluding carboxylic acids is 1. The topological polar surface area (TPSA) is 87.9 Å². The number of rotatable bonds is 4. The van der Waals surface area contributed by atoms with Crippen molar-refractivity contribution >= 4 is 11.9 Å². The number of ether oxygens (including phenoxy) is 1. The zero-order valence-corrected chi connectivity index (χ0v) is 17.4. The first-order valence-corrected chi connectivity index (χ1v) is 9.74. The fourth-order valence-corrected chi connectivity index (χ4v) is 3.62. The number of aromatic nitrogens is 2. The molecule has 1 aromatic carbocycles. The summed E-state index contributed by atoms with van der Waals surface area (Å²) in [5.74, 6) is -5.04. The summed E-state index contributed by atoms with van der Waals surface area (Å²) in [6.07, 6.45) is -3.44. The molecule has 1 amide bonds. The summed E-state index contributed by atoms with van der Waals surface area (Å²) in [5.41, 5.74) is 1.92. The van der Waals surface area contributed by atoms with Crippen LogP contribution in [0.1, 0.15) is 17.3 Å². The molecule has 1 aromatic heterocycles. The normalized spacial score (nSPS) is 19.6. The number of alkyl halides is 5. The lowest BCUT2D eigenvalue weighted by Gasteiger charge is -2.42. The second-order valence-corrected chi connectivity index (χ2v) is 7.62. The lowest BCUT2D eigenvalue weighted by molar-refractivity contribution is -0.192. The van der Waals surface area contributed by atoms with Crippen LogP contribution in [0.4, 0.5) is 22.0 Å². The number of hydrogen-bond acceptors (Lipinski definition) is 5. The highest BCUT2D eigenvalue weighted by Crippen LogP contribution is 2.31. The van der Waals surface area contributed by atoms with Gasteiger partial charge in [0, 0.05) is 31.4 Å². The molecule has 0 saturated carbocycles. The van der Waals surface area contributed by atoms with Gasteiger partial charge in [-0.05, 0) is 12.1 Å². The van der Waals surface area contributed by atoms with E-state index in [4.69, 9.17) is 14.6 Å². The molecule has 0 spiro atoms. The molecule has 13 heteroatoms. The molecule has 4 rings (SSSR count). The van der Waals surface area contributed by atoms with E-state index >= 15 is 0 Å². The summed E-state index contributed by atoms with van der Waals surface area (Å²) in [6.45, 7) is 0.650. The summed E-state index contributed by atoms with van der Waals surface area (Å²) in [4.78, 5) is 25.0. The Morgan fingerprint density at radius 3 is 2.42 bits per heavy atom. The van der Waals surface area contributed by atoms with Crippen molar-refractivity contribution in [1.82, 2.24) is 19.6 Å². The van der Waals surface area contributed by atoms with Crippen LogP contribution in [0.5, 0.6) is 5.75 Å². The SMILES string of the molecule is COc1ccccc1CN1Cc2ccnn2C(C(=O)N2CC(F)(F)C2)C1.O=C(O)C(F)(F)F. The minimum absolute atomic E-state index is 0.300. The molecule has 1 unspecified atom stereocenters. The maximum absolute atomic E-state index is 13.2. The Morgan fingerprint density at radius 1 is 1.21 bits per heavy atom. The van der Waals surface area contributed by atoms with Crippen molar-refractivity contribution in [2.75, 3.05) is 26.7 Å². The zero-order chi connectivity index (χ0) is 24.4. The van der Waals surface area contributed by atoms with E-state index in [0.717, 1.165) is 17.0 Å². The quantitative estimate of drug-likeness (QED) is 0.683. The molecule has 0 aliphatic carbocycles. The molecule has 0 bridgehead atoms. The Hall–Kier alpha value is -3.22. The molecule has 1 fully saturated rings. The fourth-order valence-electron chi connectivity index (χ4n) is 3.62. The van der Waals surface area contributed by atoms with Crippen molar-refractivity contribution < 1.29 is 41.4 Å². The van der Waals surface area contributed by atoms with E-state index in [0.29, 0.717) is 19.6 Å². The predicted molar refractivity (Wildman–Crippen MR) is 104 cm³/mol. The smallest absolute Gasteiger partial charge is 0.490 e. The van der Waals surface area contributed by atoms with Crippen LogP contribution in [0, 0.1) is 0 Å². The maximum atomic E-state index is 13.2. The first-order chi connectivity index (χ1) is 15.4. The van der Waals surface area contributed by atoms with E-state index < -0.39 is 37.2 Å². The first kappa shape index (κ1) is 24.4. The van der Waals surface area contributed by atoms with Crippen LogP contribution < -0.4 is 4.74 Å². The monoisotopic (exact) mass is 476 g/mol.